The van der Waals surface area contributed by atoms with Crippen molar-refractivity contribution in [1.82, 2.24) is 5.06 Å². The SMILES string of the molecule is CON1C(=O)CC1C(=O)OCc1ccccc1. The van der Waals surface area contributed by atoms with Crippen molar-refractivity contribution in [3.8, 4) is 0 Å². The Kier molecular flexibility index (Phi) is 3.39. The summed E-state index contributed by atoms with van der Waals surface area (Å²) in [5.74, 6) is -0.635. The van der Waals surface area contributed by atoms with Crippen LogP contribution in [0.15, 0.2) is 30.3 Å². The Morgan fingerprint density at radius 2 is 2.12 bits per heavy atom. The molecule has 0 N–H and O–H groups in total. The minimum Gasteiger partial charge on any atom is -0.459 e. The first-order valence-electron chi connectivity index (χ1n) is 5.29. The molecule has 1 aromatic carbocycles. The molecule has 1 amide bonds. The van der Waals surface area contributed by atoms with Gasteiger partial charge in [-0.25, -0.2) is 9.86 Å². The molecule has 0 aliphatic carbocycles. The molecule has 1 heterocycles. The third kappa shape index (κ3) is 2.45. The van der Waals surface area contributed by atoms with Crippen molar-refractivity contribution in [1.29, 1.82) is 0 Å². The zero-order valence-electron chi connectivity index (χ0n) is 9.46. The average Bonchev–Trinajstić information content (AvgIpc) is 2.35. The van der Waals surface area contributed by atoms with E-state index in [-0.39, 0.29) is 18.9 Å². The van der Waals surface area contributed by atoms with Crippen LogP contribution in [0.4, 0.5) is 0 Å². The third-order valence-electron chi connectivity index (χ3n) is 2.59. The molecule has 1 aliphatic rings. The molecule has 1 fully saturated rings. The number of carbonyl (C=O) groups excluding carboxylic acids is 2. The third-order valence-corrected chi connectivity index (χ3v) is 2.59. The highest BCUT2D eigenvalue weighted by Crippen LogP contribution is 2.20. The van der Waals surface area contributed by atoms with E-state index >= 15 is 0 Å². The Morgan fingerprint density at radius 1 is 1.41 bits per heavy atom. The number of nitrogens with zero attached hydrogens (tertiary/aromatic N) is 1. The van der Waals surface area contributed by atoms with Crippen LogP contribution in [0.1, 0.15) is 12.0 Å². The summed E-state index contributed by atoms with van der Waals surface area (Å²) in [6, 6.07) is 8.77. The van der Waals surface area contributed by atoms with Gasteiger partial charge in [0, 0.05) is 0 Å². The highest BCUT2D eigenvalue weighted by Gasteiger charge is 2.43. The zero-order chi connectivity index (χ0) is 12.3. The van der Waals surface area contributed by atoms with Gasteiger partial charge in [-0.15, -0.1) is 0 Å². The minimum absolute atomic E-state index is 0.154. The van der Waals surface area contributed by atoms with Crippen molar-refractivity contribution in [2.24, 2.45) is 0 Å². The fraction of sp³-hybridized carbons (Fsp3) is 0.333. The lowest BCUT2D eigenvalue weighted by molar-refractivity contribution is -0.222. The standard InChI is InChI=1S/C12H13NO4/c1-16-13-10(7-11(13)14)12(15)17-8-9-5-3-2-4-6-9/h2-6,10H,7-8H2,1H3. The van der Waals surface area contributed by atoms with E-state index in [9.17, 15) is 9.59 Å². The normalized spacial score (nSPS) is 18.8. The van der Waals surface area contributed by atoms with Crippen LogP contribution in [0.25, 0.3) is 0 Å². The quantitative estimate of drug-likeness (QED) is 0.574. The van der Waals surface area contributed by atoms with Gasteiger partial charge < -0.3 is 4.74 Å². The number of hydroxylamine groups is 2. The van der Waals surface area contributed by atoms with Crippen LogP contribution >= 0.6 is 0 Å². The molecule has 17 heavy (non-hydrogen) atoms. The molecular weight excluding hydrogens is 222 g/mol. The lowest BCUT2D eigenvalue weighted by atomic mass is 10.1. The number of amides is 1. The van der Waals surface area contributed by atoms with Crippen LogP contribution in [-0.2, 0) is 25.8 Å². The van der Waals surface area contributed by atoms with Crippen molar-refractivity contribution >= 4 is 11.9 Å². The molecule has 5 heteroatoms. The Balaban J connectivity index is 1.84. The van der Waals surface area contributed by atoms with Gasteiger partial charge >= 0.3 is 5.97 Å². The highest BCUT2D eigenvalue weighted by atomic mass is 16.7. The number of rotatable bonds is 4. The average molecular weight is 235 g/mol. The van der Waals surface area contributed by atoms with E-state index < -0.39 is 12.0 Å². The van der Waals surface area contributed by atoms with Gasteiger partial charge in [0.2, 0.25) is 5.91 Å². The number of carbonyl (C=O) groups is 2. The molecule has 5 nitrogen and oxygen atoms in total. The second kappa shape index (κ2) is 4.97. The molecule has 1 saturated heterocycles. The maximum Gasteiger partial charge on any atom is 0.332 e. The molecule has 1 aromatic rings. The van der Waals surface area contributed by atoms with Crippen molar-refractivity contribution in [3.63, 3.8) is 0 Å². The summed E-state index contributed by atoms with van der Waals surface area (Å²) in [5, 5.41) is 1.04. The van der Waals surface area contributed by atoms with E-state index in [2.05, 4.69) is 0 Å². The Hall–Kier alpha value is -1.88. The van der Waals surface area contributed by atoms with Crippen LogP contribution < -0.4 is 0 Å². The van der Waals surface area contributed by atoms with Gasteiger partial charge in [-0.1, -0.05) is 30.3 Å². The van der Waals surface area contributed by atoms with Gasteiger partial charge in [-0.2, -0.15) is 0 Å². The summed E-state index contributed by atoms with van der Waals surface area (Å²) in [4.78, 5) is 27.4. The lowest BCUT2D eigenvalue weighted by Gasteiger charge is -2.35. The number of esters is 1. The maximum absolute atomic E-state index is 11.6. The van der Waals surface area contributed by atoms with E-state index in [1.165, 1.54) is 7.11 Å². The smallest absolute Gasteiger partial charge is 0.332 e. The van der Waals surface area contributed by atoms with Crippen LogP contribution in [0.2, 0.25) is 0 Å². The molecule has 0 bridgehead atoms. The molecule has 1 atom stereocenters. The first kappa shape index (κ1) is 11.6. The number of benzene rings is 1. The molecule has 2 rings (SSSR count). The van der Waals surface area contributed by atoms with Gasteiger partial charge in [0.05, 0.1) is 13.5 Å². The number of hydrogen-bond donors (Lipinski definition) is 0. The Bertz CT molecular complexity index is 418. The Labute approximate surface area is 98.9 Å². The van der Waals surface area contributed by atoms with Crippen molar-refractivity contribution < 1.29 is 19.2 Å². The predicted molar refractivity (Wildman–Crippen MR) is 58.5 cm³/mol. The van der Waals surface area contributed by atoms with Gasteiger partial charge in [-0.3, -0.25) is 9.63 Å². The number of β-lactam (4-membered cyclic amide) rings is 1. The second-order valence-corrected chi connectivity index (χ2v) is 3.72. The van der Waals surface area contributed by atoms with E-state index in [1.54, 1.807) is 0 Å². The molecule has 0 radical (unpaired) electrons. The first-order valence-corrected chi connectivity index (χ1v) is 5.29. The van der Waals surface area contributed by atoms with Crippen LogP contribution in [0, 0.1) is 0 Å². The fourth-order valence-electron chi connectivity index (χ4n) is 1.63. The summed E-state index contributed by atoms with van der Waals surface area (Å²) in [6.07, 6.45) is 0.154. The Morgan fingerprint density at radius 3 is 2.71 bits per heavy atom. The van der Waals surface area contributed by atoms with Crippen molar-refractivity contribution in [2.75, 3.05) is 7.11 Å². The molecular formula is C12H13NO4. The molecule has 0 saturated carbocycles. The monoisotopic (exact) mass is 235 g/mol. The molecule has 0 spiro atoms. The van der Waals surface area contributed by atoms with Crippen LogP contribution in [0.3, 0.4) is 0 Å². The van der Waals surface area contributed by atoms with Gasteiger partial charge in [-0.05, 0) is 5.56 Å². The molecule has 90 valence electrons. The lowest BCUT2D eigenvalue weighted by Crippen LogP contribution is -2.56. The maximum atomic E-state index is 11.6. The van der Waals surface area contributed by atoms with E-state index in [0.717, 1.165) is 10.6 Å². The molecule has 0 aromatic heterocycles. The second-order valence-electron chi connectivity index (χ2n) is 3.72. The van der Waals surface area contributed by atoms with Crippen LogP contribution in [0.5, 0.6) is 0 Å². The summed E-state index contributed by atoms with van der Waals surface area (Å²) < 4.78 is 5.10. The van der Waals surface area contributed by atoms with Gasteiger partial charge in [0.15, 0.2) is 6.04 Å². The zero-order valence-corrected chi connectivity index (χ0v) is 9.46. The van der Waals surface area contributed by atoms with E-state index in [4.69, 9.17) is 9.57 Å². The largest absolute Gasteiger partial charge is 0.459 e. The summed E-state index contributed by atoms with van der Waals surface area (Å²) in [7, 11) is 1.36. The predicted octanol–water partition coefficient (Wildman–Crippen LogP) is 0.892. The topological polar surface area (TPSA) is 55.8 Å². The summed E-state index contributed by atoms with van der Waals surface area (Å²) >= 11 is 0. The highest BCUT2D eigenvalue weighted by molar-refractivity contribution is 5.94. The number of hydrogen-bond acceptors (Lipinski definition) is 4. The number of ether oxygens (including phenoxy) is 1. The first-order chi connectivity index (χ1) is 8.22. The van der Waals surface area contributed by atoms with Gasteiger partial charge in [0.25, 0.3) is 0 Å². The summed E-state index contributed by atoms with van der Waals surface area (Å²) in [6.45, 7) is 0.210. The van der Waals surface area contributed by atoms with Crippen LogP contribution in [-0.4, -0.2) is 30.1 Å². The van der Waals surface area contributed by atoms with E-state index in [0.29, 0.717) is 0 Å². The summed E-state index contributed by atoms with van der Waals surface area (Å²) in [5.41, 5.74) is 0.912. The van der Waals surface area contributed by atoms with Crippen molar-refractivity contribution in [3.05, 3.63) is 35.9 Å². The van der Waals surface area contributed by atoms with Gasteiger partial charge in [0.1, 0.15) is 6.61 Å². The van der Waals surface area contributed by atoms with Crippen molar-refractivity contribution in [2.45, 2.75) is 19.1 Å². The molecule has 1 unspecified atom stereocenters. The minimum atomic E-state index is -0.601. The molecule has 1 aliphatic heterocycles. The fourth-order valence-corrected chi connectivity index (χ4v) is 1.63. The van der Waals surface area contributed by atoms with E-state index in [1.807, 2.05) is 30.3 Å².